The topological polar surface area (TPSA) is 109 Å². The van der Waals surface area contributed by atoms with Gasteiger partial charge in [0.1, 0.15) is 0 Å². The summed E-state index contributed by atoms with van der Waals surface area (Å²) in [7, 11) is -1.37. The molecule has 0 aliphatic heterocycles. The van der Waals surface area contributed by atoms with E-state index in [-0.39, 0.29) is 12.3 Å². The lowest BCUT2D eigenvalue weighted by Gasteiger charge is -2.01. The van der Waals surface area contributed by atoms with Gasteiger partial charge in [-0.05, 0) is 77.3 Å². The van der Waals surface area contributed by atoms with Crippen LogP contribution in [0.25, 0.3) is 0 Å². The largest absolute Gasteiger partial charge is 0.488 e. The molecule has 0 saturated carbocycles. The third kappa shape index (κ3) is 13.1. The van der Waals surface area contributed by atoms with Crippen LogP contribution >= 0.6 is 54.5 Å². The quantitative estimate of drug-likeness (QED) is 0.386. The van der Waals surface area contributed by atoms with Crippen LogP contribution in [-0.4, -0.2) is 29.5 Å². The summed E-state index contributed by atoms with van der Waals surface area (Å²) in [6, 6.07) is 11.5. The van der Waals surface area contributed by atoms with Crippen molar-refractivity contribution in [2.45, 2.75) is 13.8 Å². The van der Waals surface area contributed by atoms with Gasteiger partial charge in [-0.25, -0.2) is 0 Å². The Balaban J connectivity index is 0. The maximum atomic E-state index is 8.78. The molecule has 0 aliphatic rings. The van der Waals surface area contributed by atoms with Crippen molar-refractivity contribution in [1.29, 1.82) is 0 Å². The molecule has 2 aromatic rings. The zero-order chi connectivity index (χ0) is 20.7. The first-order chi connectivity index (χ1) is 12.1. The second-order valence-corrected chi connectivity index (χ2v) is 7.40. The minimum Gasteiger partial charge on any atom is -0.423 e. The monoisotopic (exact) mass is 598 g/mol. The third-order valence-electron chi connectivity index (χ3n) is 2.60. The van der Waals surface area contributed by atoms with E-state index >= 15 is 0 Å². The molecule has 0 atom stereocenters. The molecule has 2 aromatic carbocycles. The zero-order valence-electron chi connectivity index (χ0n) is 13.7. The van der Waals surface area contributed by atoms with Crippen LogP contribution in [0.3, 0.4) is 0 Å². The molecule has 0 radical (unpaired) electrons. The van der Waals surface area contributed by atoms with Crippen molar-refractivity contribution < 1.29 is 29.2 Å². The first-order valence-corrected chi connectivity index (χ1v) is 9.33. The van der Waals surface area contributed by atoms with E-state index in [1.54, 1.807) is 18.2 Å². The minimum absolute atomic E-state index is 0.250. The van der Waals surface area contributed by atoms with Gasteiger partial charge in [0, 0.05) is 12.5 Å². The third-order valence-corrected chi connectivity index (χ3v) is 5.05. The lowest BCUT2D eigenvalue weighted by atomic mass is 9.80. The first-order valence-electron chi connectivity index (χ1n) is 6.66. The average molecular weight is 600 g/mol. The van der Waals surface area contributed by atoms with Gasteiger partial charge in [-0.1, -0.05) is 44.0 Å². The average Bonchev–Trinajstić information content (AvgIpc) is 2.56. The van der Waals surface area contributed by atoms with Gasteiger partial charge in [-0.15, -0.1) is 0 Å². The van der Waals surface area contributed by atoms with Crippen molar-refractivity contribution in [1.82, 2.24) is 0 Å². The van der Waals surface area contributed by atoms with Gasteiger partial charge in [0.25, 0.3) is 0 Å². The van der Waals surface area contributed by atoms with Crippen molar-refractivity contribution in [3.05, 3.63) is 60.0 Å². The predicted octanol–water partition coefficient (Wildman–Crippen LogP) is 2.63. The number of rotatable bonds is 1. The molecule has 2 N–H and O–H groups in total. The SMILES string of the molecule is Cc1cc(B(O)O)ccc1Br.Cc1cc(I)ccc1Br.O=C=O.O=C=O. The van der Waals surface area contributed by atoms with Crippen LogP contribution in [0, 0.1) is 17.4 Å². The van der Waals surface area contributed by atoms with Gasteiger partial charge in [0.15, 0.2) is 0 Å². The van der Waals surface area contributed by atoms with Crippen LogP contribution in [0.5, 0.6) is 0 Å². The molecule has 0 heterocycles. The Bertz CT molecular complexity index is 746. The van der Waals surface area contributed by atoms with Crippen molar-refractivity contribution >= 4 is 79.3 Å². The Labute approximate surface area is 181 Å². The molecule has 10 heteroatoms. The second kappa shape index (κ2) is 16.1. The Morgan fingerprint density at radius 2 is 1.23 bits per heavy atom. The molecule has 0 bridgehead atoms. The van der Waals surface area contributed by atoms with E-state index in [4.69, 9.17) is 29.2 Å². The van der Waals surface area contributed by atoms with Crippen molar-refractivity contribution in [3.8, 4) is 0 Å². The molecule has 26 heavy (non-hydrogen) atoms. The summed E-state index contributed by atoms with van der Waals surface area (Å²) in [5.74, 6) is 0. The minimum atomic E-state index is -1.37. The fourth-order valence-electron chi connectivity index (χ4n) is 1.44. The predicted molar refractivity (Wildman–Crippen MR) is 110 cm³/mol. The molecular formula is C16H14BBr2IO6. The highest BCUT2D eigenvalue weighted by Gasteiger charge is 2.10. The van der Waals surface area contributed by atoms with Crippen molar-refractivity contribution in [2.24, 2.45) is 0 Å². The number of carbonyl (C=O) groups excluding carboxylic acids is 4. The van der Waals surface area contributed by atoms with Crippen molar-refractivity contribution in [2.75, 3.05) is 0 Å². The van der Waals surface area contributed by atoms with E-state index in [0.717, 1.165) is 10.0 Å². The molecule has 2 rings (SSSR count). The molecule has 0 amide bonds. The van der Waals surface area contributed by atoms with Gasteiger partial charge >= 0.3 is 19.4 Å². The van der Waals surface area contributed by atoms with Crippen LogP contribution in [0.1, 0.15) is 11.1 Å². The molecule has 0 saturated heterocycles. The maximum absolute atomic E-state index is 8.78. The Morgan fingerprint density at radius 1 is 0.846 bits per heavy atom. The van der Waals surface area contributed by atoms with Gasteiger partial charge in [0.05, 0.1) is 0 Å². The standard InChI is InChI=1S/C7H8BBrO2.C7H6BrI.2CO2/c1-5-4-6(8(10)11)2-3-7(5)9;1-5-4-6(9)2-3-7(5)8;2*2-1-3/h2-4,10-11H,1H3;2-4H,1H3;;. The van der Waals surface area contributed by atoms with E-state index < -0.39 is 7.12 Å². The van der Waals surface area contributed by atoms with Gasteiger partial charge in [0.2, 0.25) is 0 Å². The Morgan fingerprint density at radius 3 is 1.54 bits per heavy atom. The summed E-state index contributed by atoms with van der Waals surface area (Å²) in [5.41, 5.74) is 2.81. The smallest absolute Gasteiger partial charge is 0.423 e. The number of benzene rings is 2. The first kappa shape index (κ1) is 27.1. The van der Waals surface area contributed by atoms with Crippen LogP contribution in [0.2, 0.25) is 0 Å². The second-order valence-electron chi connectivity index (χ2n) is 4.44. The Kier molecular flexibility index (Phi) is 16.8. The van der Waals surface area contributed by atoms with E-state index in [9.17, 15) is 0 Å². The number of hydrogen-bond donors (Lipinski definition) is 2. The molecule has 6 nitrogen and oxygen atoms in total. The lowest BCUT2D eigenvalue weighted by Crippen LogP contribution is -2.29. The molecule has 0 spiro atoms. The maximum Gasteiger partial charge on any atom is 0.488 e. The summed E-state index contributed by atoms with van der Waals surface area (Å²) >= 11 is 9.04. The van der Waals surface area contributed by atoms with Crippen LogP contribution in [0.15, 0.2) is 45.3 Å². The lowest BCUT2D eigenvalue weighted by molar-refractivity contribution is -0.193. The fraction of sp³-hybridized carbons (Fsp3) is 0.125. The van der Waals surface area contributed by atoms with E-state index in [0.29, 0.717) is 5.46 Å². The molecule has 0 aromatic heterocycles. The highest BCUT2D eigenvalue weighted by molar-refractivity contribution is 14.1. The number of hydrogen-bond acceptors (Lipinski definition) is 6. The van der Waals surface area contributed by atoms with Gasteiger partial charge in [-0.3, -0.25) is 0 Å². The highest BCUT2D eigenvalue weighted by Crippen LogP contribution is 2.17. The van der Waals surface area contributed by atoms with E-state index in [1.807, 2.05) is 6.92 Å². The summed E-state index contributed by atoms with van der Waals surface area (Å²) in [4.78, 5) is 32.5. The zero-order valence-corrected chi connectivity index (χ0v) is 19.0. The van der Waals surface area contributed by atoms with Gasteiger partial charge in [-0.2, -0.15) is 19.2 Å². The van der Waals surface area contributed by atoms with Crippen LogP contribution in [0.4, 0.5) is 0 Å². The Hall–Kier alpha value is -1.13. The normalized spacial score (nSPS) is 8.12. The summed E-state index contributed by atoms with van der Waals surface area (Å²) in [6.45, 7) is 3.99. The van der Waals surface area contributed by atoms with Gasteiger partial charge < -0.3 is 10.0 Å². The molecule has 0 fully saturated rings. The van der Waals surface area contributed by atoms with E-state index in [1.165, 1.54) is 13.6 Å². The molecule has 0 aliphatic carbocycles. The van der Waals surface area contributed by atoms with Crippen molar-refractivity contribution in [3.63, 3.8) is 0 Å². The van der Waals surface area contributed by atoms with Crippen LogP contribution in [-0.2, 0) is 19.2 Å². The molecule has 0 unspecified atom stereocenters. The molecular weight excluding hydrogens is 586 g/mol. The number of aryl methyl sites for hydroxylation is 2. The highest BCUT2D eigenvalue weighted by atomic mass is 127. The summed E-state index contributed by atoms with van der Waals surface area (Å²) in [6.07, 6.45) is 0.500. The summed E-state index contributed by atoms with van der Waals surface area (Å²) < 4.78 is 3.44. The molecule has 138 valence electrons. The fourth-order valence-corrected chi connectivity index (χ4v) is 2.58. The number of halogens is 3. The summed E-state index contributed by atoms with van der Waals surface area (Å²) in [5, 5.41) is 17.6. The van der Waals surface area contributed by atoms with Crippen LogP contribution < -0.4 is 5.46 Å². The van der Waals surface area contributed by atoms with E-state index in [2.05, 4.69) is 79.6 Å².